The van der Waals surface area contributed by atoms with Crippen LogP contribution in [0, 0.1) is 0 Å². The van der Waals surface area contributed by atoms with Gasteiger partial charge in [0.25, 0.3) is 0 Å². The van der Waals surface area contributed by atoms with E-state index in [1.54, 1.807) is 10.1 Å². The molecular formula is C9H10N4O3S2. The van der Waals surface area contributed by atoms with E-state index in [4.69, 9.17) is 5.11 Å². The molecule has 0 fully saturated rings. The number of rotatable bonds is 6. The van der Waals surface area contributed by atoms with Crippen molar-refractivity contribution in [1.82, 2.24) is 19.7 Å². The lowest BCUT2D eigenvalue weighted by atomic mass is 10.4. The van der Waals surface area contributed by atoms with Crippen LogP contribution in [0.15, 0.2) is 16.0 Å². The van der Waals surface area contributed by atoms with Crippen molar-refractivity contribution in [2.45, 2.75) is 18.3 Å². The minimum absolute atomic E-state index is 0.0966. The molecule has 7 nitrogen and oxygen atoms in total. The molecule has 2 rings (SSSR count). The number of aromatic nitrogens is 4. The number of carboxylic acid groups (broad SMARTS) is 1. The Morgan fingerprint density at radius 1 is 1.50 bits per heavy atom. The molecule has 0 aromatic carbocycles. The Hall–Kier alpha value is -1.45. The summed E-state index contributed by atoms with van der Waals surface area (Å²) in [7, 11) is 0. The zero-order valence-electron chi connectivity index (χ0n) is 9.18. The molecule has 0 saturated carbocycles. The van der Waals surface area contributed by atoms with Crippen LogP contribution >= 0.6 is 23.1 Å². The van der Waals surface area contributed by atoms with E-state index in [1.807, 2.05) is 5.38 Å². The molecule has 0 aliphatic heterocycles. The first-order valence-corrected chi connectivity index (χ1v) is 6.88. The Balaban J connectivity index is 2.19. The maximum atomic E-state index is 10.5. The van der Waals surface area contributed by atoms with Crippen molar-refractivity contribution >= 4 is 29.1 Å². The molecule has 0 aliphatic rings. The van der Waals surface area contributed by atoms with Crippen molar-refractivity contribution in [3.05, 3.63) is 22.4 Å². The smallest absolute Gasteiger partial charge is 0.313 e. The van der Waals surface area contributed by atoms with Crippen LogP contribution in [0.25, 0.3) is 0 Å². The van der Waals surface area contributed by atoms with Crippen LogP contribution < -0.4 is 0 Å². The quantitative estimate of drug-likeness (QED) is 0.743. The molecule has 0 unspecified atom stereocenters. The molecule has 0 atom stereocenters. The van der Waals surface area contributed by atoms with Crippen LogP contribution in [0.2, 0.25) is 0 Å². The second kappa shape index (κ2) is 5.94. The molecule has 0 aliphatic carbocycles. The predicted molar refractivity (Wildman–Crippen MR) is 65.5 cm³/mol. The minimum Gasteiger partial charge on any atom is -0.481 e. The van der Waals surface area contributed by atoms with Crippen LogP contribution in [0.4, 0.5) is 0 Å². The van der Waals surface area contributed by atoms with Crippen LogP contribution in [0.1, 0.15) is 11.5 Å². The summed E-state index contributed by atoms with van der Waals surface area (Å²) in [5.41, 5.74) is 2.54. The number of carbonyl (C=O) groups is 1. The summed E-state index contributed by atoms with van der Waals surface area (Å²) in [4.78, 5) is 14.7. The standard InChI is InChI=1S/C9H10N4O3S2/c14-2-7-11-12-9(18-4-8(15)16)13(7)1-6-3-17-5-10-6/h3,5,14H,1-2,4H2,(H,15,16). The molecule has 9 heteroatoms. The molecule has 0 radical (unpaired) electrons. The first-order valence-electron chi connectivity index (χ1n) is 4.95. The zero-order chi connectivity index (χ0) is 13.0. The van der Waals surface area contributed by atoms with Gasteiger partial charge in [-0.1, -0.05) is 11.8 Å². The van der Waals surface area contributed by atoms with E-state index in [0.717, 1.165) is 17.5 Å². The number of aliphatic hydroxyl groups is 1. The van der Waals surface area contributed by atoms with Gasteiger partial charge in [-0.2, -0.15) is 0 Å². The van der Waals surface area contributed by atoms with Gasteiger partial charge in [-0.05, 0) is 0 Å². The van der Waals surface area contributed by atoms with Gasteiger partial charge >= 0.3 is 5.97 Å². The first kappa shape index (κ1) is 13.0. The molecule has 0 spiro atoms. The van der Waals surface area contributed by atoms with E-state index in [1.165, 1.54) is 11.3 Å². The van der Waals surface area contributed by atoms with Gasteiger partial charge in [-0.3, -0.25) is 9.36 Å². The predicted octanol–water partition coefficient (Wildman–Crippen LogP) is 0.452. The van der Waals surface area contributed by atoms with Gasteiger partial charge in [-0.15, -0.1) is 21.5 Å². The Morgan fingerprint density at radius 2 is 2.33 bits per heavy atom. The molecule has 2 heterocycles. The highest BCUT2D eigenvalue weighted by Crippen LogP contribution is 2.18. The maximum Gasteiger partial charge on any atom is 0.313 e. The first-order chi connectivity index (χ1) is 8.70. The number of carboxylic acids is 1. The van der Waals surface area contributed by atoms with E-state index in [-0.39, 0.29) is 12.4 Å². The molecular weight excluding hydrogens is 276 g/mol. The fourth-order valence-corrected chi connectivity index (χ4v) is 2.53. The van der Waals surface area contributed by atoms with E-state index in [0.29, 0.717) is 17.5 Å². The van der Waals surface area contributed by atoms with Crippen molar-refractivity contribution in [2.24, 2.45) is 0 Å². The van der Waals surface area contributed by atoms with E-state index in [2.05, 4.69) is 15.2 Å². The fourth-order valence-electron chi connectivity index (χ4n) is 1.31. The second-order valence-corrected chi connectivity index (χ2v) is 4.97. The highest BCUT2D eigenvalue weighted by Gasteiger charge is 2.14. The number of aliphatic hydroxyl groups excluding tert-OH is 1. The number of nitrogens with zero attached hydrogens (tertiary/aromatic N) is 4. The summed E-state index contributed by atoms with van der Waals surface area (Å²) < 4.78 is 1.67. The summed E-state index contributed by atoms with van der Waals surface area (Å²) in [5.74, 6) is -0.620. The molecule has 18 heavy (non-hydrogen) atoms. The third-order valence-corrected chi connectivity index (χ3v) is 3.65. The maximum absolute atomic E-state index is 10.5. The third kappa shape index (κ3) is 3.06. The summed E-state index contributed by atoms with van der Waals surface area (Å²) in [6.07, 6.45) is 0. The van der Waals surface area contributed by atoms with Crippen molar-refractivity contribution < 1.29 is 15.0 Å². The molecule has 0 amide bonds. The lowest BCUT2D eigenvalue weighted by Crippen LogP contribution is -2.08. The number of thioether (sulfide) groups is 1. The van der Waals surface area contributed by atoms with Crippen molar-refractivity contribution in [1.29, 1.82) is 0 Å². The second-order valence-electron chi connectivity index (χ2n) is 3.31. The Bertz CT molecular complexity index is 526. The van der Waals surface area contributed by atoms with Crippen molar-refractivity contribution in [3.8, 4) is 0 Å². The van der Waals surface area contributed by atoms with Gasteiger partial charge < -0.3 is 10.2 Å². The normalized spacial score (nSPS) is 10.7. The fraction of sp³-hybridized carbons (Fsp3) is 0.333. The van der Waals surface area contributed by atoms with E-state index < -0.39 is 5.97 Å². The monoisotopic (exact) mass is 286 g/mol. The molecule has 2 aromatic heterocycles. The average molecular weight is 286 g/mol. The van der Waals surface area contributed by atoms with Crippen molar-refractivity contribution in [2.75, 3.05) is 5.75 Å². The average Bonchev–Trinajstić information content (AvgIpc) is 2.97. The zero-order valence-corrected chi connectivity index (χ0v) is 10.8. The molecule has 96 valence electrons. The third-order valence-electron chi connectivity index (χ3n) is 2.06. The topological polar surface area (TPSA) is 101 Å². The van der Waals surface area contributed by atoms with Gasteiger partial charge in [0, 0.05) is 5.38 Å². The van der Waals surface area contributed by atoms with E-state index in [9.17, 15) is 9.90 Å². The lowest BCUT2D eigenvalue weighted by Gasteiger charge is -2.06. The Morgan fingerprint density at radius 3 is 2.94 bits per heavy atom. The highest BCUT2D eigenvalue weighted by molar-refractivity contribution is 7.99. The number of hydrogen-bond acceptors (Lipinski definition) is 7. The van der Waals surface area contributed by atoms with Gasteiger partial charge in [-0.25, -0.2) is 4.98 Å². The van der Waals surface area contributed by atoms with Crippen molar-refractivity contribution in [3.63, 3.8) is 0 Å². The van der Waals surface area contributed by atoms with Crippen LogP contribution in [0.5, 0.6) is 0 Å². The molecule has 0 saturated heterocycles. The number of hydrogen-bond donors (Lipinski definition) is 2. The number of aliphatic carboxylic acids is 1. The van der Waals surface area contributed by atoms with Crippen LogP contribution in [0.3, 0.4) is 0 Å². The highest BCUT2D eigenvalue weighted by atomic mass is 32.2. The summed E-state index contributed by atoms with van der Waals surface area (Å²) in [6.45, 7) is 0.180. The van der Waals surface area contributed by atoms with Crippen LogP contribution in [-0.4, -0.2) is 41.7 Å². The van der Waals surface area contributed by atoms with Gasteiger partial charge in [0.15, 0.2) is 11.0 Å². The van der Waals surface area contributed by atoms with Gasteiger partial charge in [0.2, 0.25) is 0 Å². The van der Waals surface area contributed by atoms with Gasteiger partial charge in [0.05, 0.1) is 23.5 Å². The Kier molecular flexibility index (Phi) is 4.28. The molecule has 2 N–H and O–H groups in total. The lowest BCUT2D eigenvalue weighted by molar-refractivity contribution is -0.133. The largest absolute Gasteiger partial charge is 0.481 e. The molecule has 0 bridgehead atoms. The number of thiazole rings is 1. The summed E-state index contributed by atoms with van der Waals surface area (Å²) >= 11 is 2.54. The summed E-state index contributed by atoms with van der Waals surface area (Å²) in [5, 5.41) is 27.9. The SMILES string of the molecule is O=C(O)CSc1nnc(CO)n1Cc1cscn1. The summed E-state index contributed by atoms with van der Waals surface area (Å²) in [6, 6.07) is 0. The Labute approximate surface area is 111 Å². The van der Waals surface area contributed by atoms with Crippen LogP contribution in [-0.2, 0) is 17.9 Å². The van der Waals surface area contributed by atoms with E-state index >= 15 is 0 Å². The van der Waals surface area contributed by atoms with Gasteiger partial charge in [0.1, 0.15) is 6.61 Å². The minimum atomic E-state index is -0.922. The molecule has 2 aromatic rings.